The van der Waals surface area contributed by atoms with Crippen LogP contribution < -0.4 is 0 Å². The number of alkyl halides is 5. The van der Waals surface area contributed by atoms with Gasteiger partial charge in [0.1, 0.15) is 16.5 Å². The first-order valence-electron chi connectivity index (χ1n) is 7.92. The molecule has 0 saturated carbocycles. The number of pyridine rings is 1. The summed E-state index contributed by atoms with van der Waals surface area (Å²) in [5.41, 5.74) is -1.84. The van der Waals surface area contributed by atoms with E-state index >= 15 is 0 Å². The van der Waals surface area contributed by atoms with Crippen molar-refractivity contribution in [3.8, 4) is 0 Å². The van der Waals surface area contributed by atoms with E-state index in [0.717, 1.165) is 11.1 Å². The van der Waals surface area contributed by atoms with Crippen LogP contribution >= 0.6 is 11.6 Å². The fourth-order valence-electron chi connectivity index (χ4n) is 3.52. The van der Waals surface area contributed by atoms with Crippen LogP contribution in [0.3, 0.4) is 0 Å². The Labute approximate surface area is 159 Å². The lowest BCUT2D eigenvalue weighted by Crippen LogP contribution is -2.36. The number of halogens is 7. The van der Waals surface area contributed by atoms with Gasteiger partial charge < -0.3 is 9.64 Å². The summed E-state index contributed by atoms with van der Waals surface area (Å²) in [6, 6.07) is 1.53. The minimum Gasteiger partial charge on any atom is -0.431 e. The smallest absolute Gasteiger partial charge is 0.417 e. The van der Waals surface area contributed by atoms with Gasteiger partial charge in [-0.25, -0.2) is 9.37 Å². The van der Waals surface area contributed by atoms with Gasteiger partial charge in [-0.15, -0.1) is 0 Å². The van der Waals surface area contributed by atoms with Gasteiger partial charge in [0.2, 0.25) is 0 Å². The molecule has 4 rings (SSSR count). The van der Waals surface area contributed by atoms with Crippen LogP contribution in [0.25, 0.3) is 6.08 Å². The monoisotopic (exact) mass is 421 g/mol. The van der Waals surface area contributed by atoms with Crippen LogP contribution in [-0.2, 0) is 10.3 Å². The van der Waals surface area contributed by atoms with Crippen LogP contribution in [0, 0.1) is 0 Å². The second kappa shape index (κ2) is 6.26. The molecule has 0 radical (unpaired) electrons. The molecule has 3 aliphatic rings. The highest BCUT2D eigenvalue weighted by atomic mass is 35.5. The molecule has 11 heteroatoms. The predicted molar refractivity (Wildman–Crippen MR) is 88.1 cm³/mol. The molecule has 2 aliphatic heterocycles. The molecule has 1 aromatic rings. The molecule has 3 heterocycles. The average molecular weight is 422 g/mol. The zero-order valence-corrected chi connectivity index (χ0v) is 14.5. The zero-order chi connectivity index (χ0) is 20.3. The Morgan fingerprint density at radius 3 is 2.68 bits per heavy atom. The third-order valence-electron chi connectivity index (χ3n) is 4.57. The molecule has 0 bridgehead atoms. The van der Waals surface area contributed by atoms with Crippen molar-refractivity contribution in [3.05, 3.63) is 58.0 Å². The maximum Gasteiger partial charge on any atom is 0.417 e. The summed E-state index contributed by atoms with van der Waals surface area (Å²) in [6.07, 6.45) is -1.32. The van der Waals surface area contributed by atoms with E-state index in [0.29, 0.717) is 11.6 Å². The van der Waals surface area contributed by atoms with E-state index < -0.39 is 35.5 Å². The van der Waals surface area contributed by atoms with E-state index in [4.69, 9.17) is 11.6 Å². The molecule has 4 nitrogen and oxygen atoms in total. The van der Waals surface area contributed by atoms with Crippen molar-refractivity contribution in [2.45, 2.75) is 24.7 Å². The van der Waals surface area contributed by atoms with Gasteiger partial charge in [-0.05, 0) is 23.8 Å². The number of nitrogens with zero attached hydrogens (tertiary/aromatic N) is 3. The maximum absolute atomic E-state index is 14.3. The standard InChI is InChI=1S/C17H10ClF6N3O/c18-13-10-4-9(19)5-16(11(10)1-2-25-13)7-27-6-8(17(22,23)24)3-12(14(27)26-16)28-15(20)21/h1-4,6,15H,5,7H2/t16-/m0/s1. The first-order valence-corrected chi connectivity index (χ1v) is 8.30. The minimum atomic E-state index is -4.79. The Hall–Kier alpha value is -2.49. The molecular weight excluding hydrogens is 412 g/mol. The van der Waals surface area contributed by atoms with Crippen LogP contribution in [-0.4, -0.2) is 35.1 Å². The molecule has 148 valence electrons. The molecule has 1 aliphatic carbocycles. The first kappa shape index (κ1) is 18.9. The lowest BCUT2D eigenvalue weighted by Gasteiger charge is -2.32. The van der Waals surface area contributed by atoms with E-state index in [2.05, 4.69) is 14.7 Å². The summed E-state index contributed by atoms with van der Waals surface area (Å²) in [6.45, 7) is -3.56. The van der Waals surface area contributed by atoms with Gasteiger partial charge in [0.25, 0.3) is 0 Å². The maximum atomic E-state index is 14.3. The van der Waals surface area contributed by atoms with Crippen LogP contribution in [0.5, 0.6) is 0 Å². The van der Waals surface area contributed by atoms with E-state index in [9.17, 15) is 26.3 Å². The molecule has 0 aromatic carbocycles. The highest BCUT2D eigenvalue weighted by molar-refractivity contribution is 6.31. The van der Waals surface area contributed by atoms with Crippen LogP contribution in [0.4, 0.5) is 26.3 Å². The Morgan fingerprint density at radius 2 is 2.00 bits per heavy atom. The lowest BCUT2D eigenvalue weighted by atomic mass is 9.81. The summed E-state index contributed by atoms with van der Waals surface area (Å²) in [7, 11) is 0. The van der Waals surface area contributed by atoms with Gasteiger partial charge in [0.15, 0.2) is 11.6 Å². The molecule has 0 saturated heterocycles. The fourth-order valence-corrected chi connectivity index (χ4v) is 3.74. The van der Waals surface area contributed by atoms with Gasteiger partial charge in [-0.3, -0.25) is 4.99 Å². The van der Waals surface area contributed by atoms with Crippen LogP contribution in [0.2, 0.25) is 5.15 Å². The summed E-state index contributed by atoms with van der Waals surface area (Å²) in [4.78, 5) is 9.23. The quantitative estimate of drug-likeness (QED) is 0.501. The molecule has 1 aromatic heterocycles. The molecule has 1 spiro atoms. The fraction of sp³-hybridized carbons (Fsp3) is 0.294. The number of aliphatic imine (C=N–C) groups is 1. The van der Waals surface area contributed by atoms with E-state index in [-0.39, 0.29) is 29.5 Å². The molecule has 0 amide bonds. The number of hydrogen-bond acceptors (Lipinski definition) is 4. The van der Waals surface area contributed by atoms with E-state index in [1.54, 1.807) is 0 Å². The van der Waals surface area contributed by atoms with Crippen molar-refractivity contribution >= 4 is 23.5 Å². The van der Waals surface area contributed by atoms with Gasteiger partial charge >= 0.3 is 12.8 Å². The Balaban J connectivity index is 1.85. The molecule has 0 unspecified atom stereocenters. The number of allylic oxidation sites excluding steroid dienone is 2. The first-order chi connectivity index (χ1) is 13.1. The highest BCUT2D eigenvalue weighted by Crippen LogP contribution is 2.47. The van der Waals surface area contributed by atoms with Crippen LogP contribution in [0.1, 0.15) is 17.5 Å². The summed E-state index contributed by atoms with van der Waals surface area (Å²) < 4.78 is 83.6. The van der Waals surface area contributed by atoms with Crippen molar-refractivity contribution in [1.82, 2.24) is 9.88 Å². The third kappa shape index (κ3) is 3.05. The topological polar surface area (TPSA) is 37.7 Å². The minimum absolute atomic E-state index is 0.00270. The molecule has 1 atom stereocenters. The molecular formula is C17H10ClF6N3O. The molecule has 0 fully saturated rings. The van der Waals surface area contributed by atoms with Crippen LogP contribution in [0.15, 0.2) is 46.7 Å². The Morgan fingerprint density at radius 1 is 1.25 bits per heavy atom. The van der Waals surface area contributed by atoms with E-state index in [1.807, 2.05) is 0 Å². The largest absolute Gasteiger partial charge is 0.431 e. The number of ether oxygens (including phenoxy) is 1. The second-order valence-corrected chi connectivity index (χ2v) is 6.75. The number of aromatic nitrogens is 1. The number of fused-ring (bicyclic) bond motifs is 3. The second-order valence-electron chi connectivity index (χ2n) is 6.40. The van der Waals surface area contributed by atoms with Gasteiger partial charge in [-0.2, -0.15) is 22.0 Å². The SMILES string of the molecule is FC1=Cc2c(ccnc2Cl)[C@]2(C1)CN1C=C(C(F)(F)F)C=C(OC(F)F)C1=N2. The number of rotatable bonds is 2. The predicted octanol–water partition coefficient (Wildman–Crippen LogP) is 4.94. The Kier molecular flexibility index (Phi) is 4.22. The van der Waals surface area contributed by atoms with Gasteiger partial charge in [0.05, 0.1) is 12.1 Å². The Bertz CT molecular complexity index is 968. The normalized spacial score (nSPS) is 23.8. The number of hydrogen-bond donors (Lipinski definition) is 0. The third-order valence-corrected chi connectivity index (χ3v) is 4.88. The van der Waals surface area contributed by atoms with Gasteiger partial charge in [-0.1, -0.05) is 11.6 Å². The molecule has 28 heavy (non-hydrogen) atoms. The number of amidine groups is 1. The zero-order valence-electron chi connectivity index (χ0n) is 13.8. The summed E-state index contributed by atoms with van der Waals surface area (Å²) in [5.74, 6) is -1.58. The van der Waals surface area contributed by atoms with Crippen molar-refractivity contribution in [2.24, 2.45) is 4.99 Å². The average Bonchev–Trinajstić information content (AvgIpc) is 2.93. The van der Waals surface area contributed by atoms with Crippen molar-refractivity contribution in [1.29, 1.82) is 0 Å². The van der Waals surface area contributed by atoms with Crippen molar-refractivity contribution in [2.75, 3.05) is 6.54 Å². The van der Waals surface area contributed by atoms with Crippen molar-refractivity contribution in [3.63, 3.8) is 0 Å². The highest BCUT2D eigenvalue weighted by Gasteiger charge is 2.48. The van der Waals surface area contributed by atoms with Crippen molar-refractivity contribution < 1.29 is 31.1 Å². The molecule has 0 N–H and O–H groups in total. The van der Waals surface area contributed by atoms with E-state index in [1.165, 1.54) is 18.3 Å². The van der Waals surface area contributed by atoms with Gasteiger partial charge in [0, 0.05) is 24.4 Å². The summed E-state index contributed by atoms with van der Waals surface area (Å²) in [5, 5.41) is 0.00270. The summed E-state index contributed by atoms with van der Waals surface area (Å²) >= 11 is 6.02. The lowest BCUT2D eigenvalue weighted by molar-refractivity contribution is -0.0981.